The summed E-state index contributed by atoms with van der Waals surface area (Å²) in [6.45, 7) is 0.420. The number of hydrogen-bond acceptors (Lipinski definition) is 4. The first kappa shape index (κ1) is 14.5. The van der Waals surface area contributed by atoms with E-state index in [4.69, 9.17) is 0 Å². The summed E-state index contributed by atoms with van der Waals surface area (Å²) >= 11 is 0. The van der Waals surface area contributed by atoms with Crippen molar-refractivity contribution in [3.8, 4) is 0 Å². The first-order valence-corrected chi connectivity index (χ1v) is 7.27. The van der Waals surface area contributed by atoms with Crippen molar-refractivity contribution in [2.75, 3.05) is 6.54 Å². The number of nitro benzene ring substituents is 1. The van der Waals surface area contributed by atoms with Gasteiger partial charge in [0.15, 0.2) is 0 Å². The minimum Gasteiger partial charge on any atom is -0.480 e. The summed E-state index contributed by atoms with van der Waals surface area (Å²) in [5, 5.41) is 20.3. The molecule has 3 rings (SSSR count). The largest absolute Gasteiger partial charge is 0.480 e. The average Bonchev–Trinajstić information content (AvgIpc) is 3.06. The molecule has 0 spiro atoms. The molecule has 1 amide bonds. The van der Waals surface area contributed by atoms with Gasteiger partial charge in [0.25, 0.3) is 11.6 Å². The van der Waals surface area contributed by atoms with Crippen molar-refractivity contribution in [1.29, 1.82) is 0 Å². The Balaban J connectivity index is 1.89. The van der Waals surface area contributed by atoms with Gasteiger partial charge in [-0.3, -0.25) is 14.9 Å². The van der Waals surface area contributed by atoms with Crippen LogP contribution in [0.3, 0.4) is 0 Å². The number of amides is 1. The lowest BCUT2D eigenvalue weighted by atomic mass is 9.94. The molecule has 1 N–H and O–H groups in total. The fourth-order valence-corrected chi connectivity index (χ4v) is 3.75. The van der Waals surface area contributed by atoms with Crippen molar-refractivity contribution in [2.45, 2.75) is 25.3 Å². The normalized spacial score (nSPS) is 26.7. The number of rotatable bonds is 3. The molecular formula is C15H16N2O5. The van der Waals surface area contributed by atoms with E-state index in [9.17, 15) is 24.8 Å². The molecule has 1 aliphatic heterocycles. The molecule has 1 heterocycles. The van der Waals surface area contributed by atoms with Gasteiger partial charge < -0.3 is 10.0 Å². The molecule has 1 aromatic rings. The van der Waals surface area contributed by atoms with Crippen molar-refractivity contribution in [3.63, 3.8) is 0 Å². The van der Waals surface area contributed by atoms with E-state index in [0.717, 1.165) is 19.3 Å². The van der Waals surface area contributed by atoms with E-state index in [1.807, 2.05) is 0 Å². The first-order valence-electron chi connectivity index (χ1n) is 7.27. The van der Waals surface area contributed by atoms with Crippen LogP contribution in [-0.4, -0.2) is 39.4 Å². The van der Waals surface area contributed by atoms with E-state index in [-0.39, 0.29) is 23.1 Å². The molecule has 1 saturated heterocycles. The minimum absolute atomic E-state index is 0.000137. The molecule has 1 aliphatic carbocycles. The fraction of sp³-hybridized carbons (Fsp3) is 0.467. The number of fused-ring (bicyclic) bond motifs is 1. The monoisotopic (exact) mass is 304 g/mol. The van der Waals surface area contributed by atoms with Gasteiger partial charge in [-0.2, -0.15) is 0 Å². The molecule has 3 unspecified atom stereocenters. The van der Waals surface area contributed by atoms with Gasteiger partial charge in [-0.05, 0) is 30.7 Å². The maximum atomic E-state index is 12.6. The molecule has 0 radical (unpaired) electrons. The number of non-ortho nitro benzene ring substituents is 1. The summed E-state index contributed by atoms with van der Waals surface area (Å²) in [4.78, 5) is 35.8. The summed E-state index contributed by atoms with van der Waals surface area (Å²) in [5.41, 5.74) is -0.00228. The fourth-order valence-electron chi connectivity index (χ4n) is 3.75. The van der Waals surface area contributed by atoms with Crippen LogP contribution in [0.4, 0.5) is 5.69 Å². The Bertz CT molecular complexity index is 645. The lowest BCUT2D eigenvalue weighted by Gasteiger charge is -2.24. The molecule has 2 fully saturated rings. The number of likely N-dealkylation sites (tertiary alicyclic amines) is 1. The quantitative estimate of drug-likeness (QED) is 0.679. The summed E-state index contributed by atoms with van der Waals surface area (Å²) in [6, 6.07) is 4.62. The summed E-state index contributed by atoms with van der Waals surface area (Å²) in [6.07, 6.45) is 2.76. The Kier molecular flexibility index (Phi) is 3.56. The molecule has 0 bridgehead atoms. The molecule has 3 atom stereocenters. The smallest absolute Gasteiger partial charge is 0.326 e. The lowest BCUT2D eigenvalue weighted by Crippen LogP contribution is -2.43. The minimum atomic E-state index is -0.992. The van der Waals surface area contributed by atoms with E-state index in [0.29, 0.717) is 6.54 Å². The number of nitrogens with zero attached hydrogens (tertiary/aromatic N) is 2. The molecule has 7 nitrogen and oxygen atoms in total. The van der Waals surface area contributed by atoms with Crippen LogP contribution in [0.1, 0.15) is 29.6 Å². The van der Waals surface area contributed by atoms with E-state index < -0.39 is 22.8 Å². The molecule has 2 aliphatic rings. The highest BCUT2D eigenvalue weighted by Gasteiger charge is 2.49. The van der Waals surface area contributed by atoms with Crippen LogP contribution >= 0.6 is 0 Å². The van der Waals surface area contributed by atoms with Gasteiger partial charge in [-0.25, -0.2) is 4.79 Å². The van der Waals surface area contributed by atoms with Crippen LogP contribution < -0.4 is 0 Å². The molecule has 116 valence electrons. The molecule has 7 heteroatoms. The Labute approximate surface area is 126 Å². The second kappa shape index (κ2) is 5.40. The second-order valence-electron chi connectivity index (χ2n) is 5.90. The third-order valence-corrected chi connectivity index (χ3v) is 4.71. The Morgan fingerprint density at radius 2 is 2.09 bits per heavy atom. The van der Waals surface area contributed by atoms with Gasteiger partial charge in [0, 0.05) is 24.2 Å². The topological polar surface area (TPSA) is 101 Å². The number of carbonyl (C=O) groups is 2. The van der Waals surface area contributed by atoms with Gasteiger partial charge >= 0.3 is 5.97 Å². The van der Waals surface area contributed by atoms with Crippen LogP contribution in [-0.2, 0) is 4.79 Å². The highest BCUT2D eigenvalue weighted by Crippen LogP contribution is 2.42. The van der Waals surface area contributed by atoms with Gasteiger partial charge in [-0.1, -0.05) is 12.5 Å². The number of carbonyl (C=O) groups excluding carboxylic acids is 1. The highest BCUT2D eigenvalue weighted by atomic mass is 16.6. The third kappa shape index (κ3) is 2.32. The third-order valence-electron chi connectivity index (χ3n) is 4.71. The number of benzene rings is 1. The maximum Gasteiger partial charge on any atom is 0.326 e. The number of aliphatic carboxylic acids is 1. The second-order valence-corrected chi connectivity index (χ2v) is 5.90. The zero-order valence-corrected chi connectivity index (χ0v) is 11.8. The van der Waals surface area contributed by atoms with Gasteiger partial charge in [0.2, 0.25) is 0 Å². The number of nitro groups is 1. The van der Waals surface area contributed by atoms with Gasteiger partial charge in [-0.15, -0.1) is 0 Å². The van der Waals surface area contributed by atoms with E-state index in [1.165, 1.54) is 29.2 Å². The average molecular weight is 304 g/mol. The van der Waals surface area contributed by atoms with Gasteiger partial charge in [0.1, 0.15) is 6.04 Å². The predicted octanol–water partition coefficient (Wildman–Crippen LogP) is 1.92. The highest BCUT2D eigenvalue weighted by molar-refractivity contribution is 5.97. The van der Waals surface area contributed by atoms with Crippen LogP contribution in [0, 0.1) is 22.0 Å². The van der Waals surface area contributed by atoms with E-state index >= 15 is 0 Å². The van der Waals surface area contributed by atoms with Crippen LogP contribution in [0.5, 0.6) is 0 Å². The molecule has 0 aromatic heterocycles. The van der Waals surface area contributed by atoms with Crippen LogP contribution in [0.25, 0.3) is 0 Å². The Morgan fingerprint density at radius 1 is 1.32 bits per heavy atom. The zero-order chi connectivity index (χ0) is 15.9. The lowest BCUT2D eigenvalue weighted by molar-refractivity contribution is -0.384. The molecular weight excluding hydrogens is 288 g/mol. The van der Waals surface area contributed by atoms with Crippen LogP contribution in [0.15, 0.2) is 24.3 Å². The van der Waals surface area contributed by atoms with Gasteiger partial charge in [0.05, 0.1) is 4.92 Å². The molecule has 22 heavy (non-hydrogen) atoms. The zero-order valence-electron chi connectivity index (χ0n) is 11.8. The first-order chi connectivity index (χ1) is 10.5. The Morgan fingerprint density at radius 3 is 2.77 bits per heavy atom. The van der Waals surface area contributed by atoms with Crippen molar-refractivity contribution >= 4 is 17.6 Å². The number of carboxylic acid groups (broad SMARTS) is 1. The molecule has 1 aromatic carbocycles. The van der Waals surface area contributed by atoms with E-state index in [2.05, 4.69) is 0 Å². The summed E-state index contributed by atoms with van der Waals surface area (Å²) < 4.78 is 0. The van der Waals surface area contributed by atoms with Crippen molar-refractivity contribution in [1.82, 2.24) is 4.90 Å². The number of hydrogen-bond donors (Lipinski definition) is 1. The van der Waals surface area contributed by atoms with E-state index in [1.54, 1.807) is 0 Å². The standard InChI is InChI=1S/C15H16N2O5/c18-14(9-3-1-5-11(7-9)17(21)22)16-8-10-4-2-6-12(10)13(16)15(19)20/h1,3,5,7,10,12-13H,2,4,6,8H2,(H,19,20). The Hall–Kier alpha value is -2.44. The predicted molar refractivity (Wildman–Crippen MR) is 76.4 cm³/mol. The van der Waals surface area contributed by atoms with Crippen molar-refractivity contribution in [2.24, 2.45) is 11.8 Å². The SMILES string of the molecule is O=C(O)C1C2CCCC2CN1C(=O)c1cccc([N+](=O)[O-])c1. The molecule has 1 saturated carbocycles. The summed E-state index contributed by atoms with van der Waals surface area (Å²) in [7, 11) is 0. The van der Waals surface area contributed by atoms with Crippen LogP contribution in [0.2, 0.25) is 0 Å². The van der Waals surface area contributed by atoms with Crippen molar-refractivity contribution < 1.29 is 19.6 Å². The number of carboxylic acids is 1. The maximum absolute atomic E-state index is 12.6. The summed E-state index contributed by atoms with van der Waals surface area (Å²) in [5.74, 6) is -1.21. The van der Waals surface area contributed by atoms with Crippen molar-refractivity contribution in [3.05, 3.63) is 39.9 Å².